The predicted octanol–water partition coefficient (Wildman–Crippen LogP) is 2.29. The lowest BCUT2D eigenvalue weighted by atomic mass is 10.0. The molecule has 0 unspecified atom stereocenters. The van der Waals surface area contributed by atoms with Crippen LogP contribution in [0.2, 0.25) is 0 Å². The van der Waals surface area contributed by atoms with Crippen LogP contribution in [0.3, 0.4) is 0 Å². The Morgan fingerprint density at radius 2 is 1.86 bits per heavy atom. The molecule has 0 aliphatic carbocycles. The van der Waals surface area contributed by atoms with Crippen LogP contribution in [-0.4, -0.2) is 44.9 Å². The summed E-state index contributed by atoms with van der Waals surface area (Å²) in [5, 5.41) is 9.55. The van der Waals surface area contributed by atoms with Gasteiger partial charge in [0.1, 0.15) is 18.2 Å². The number of amides is 2. The van der Waals surface area contributed by atoms with E-state index in [0.717, 1.165) is 5.39 Å². The Labute approximate surface area is 212 Å². The van der Waals surface area contributed by atoms with E-state index in [9.17, 15) is 18.0 Å². The van der Waals surface area contributed by atoms with E-state index in [-0.39, 0.29) is 24.0 Å². The van der Waals surface area contributed by atoms with Crippen molar-refractivity contribution < 1.29 is 22.7 Å². The van der Waals surface area contributed by atoms with Crippen molar-refractivity contribution >= 4 is 44.1 Å². The molecule has 0 bridgehead atoms. The molecule has 0 saturated heterocycles. The average molecular weight is 518 g/mol. The summed E-state index contributed by atoms with van der Waals surface area (Å²) >= 11 is 0. The lowest BCUT2D eigenvalue weighted by Gasteiger charge is -2.30. The van der Waals surface area contributed by atoms with Gasteiger partial charge in [0.25, 0.3) is 5.91 Å². The number of benzene rings is 3. The van der Waals surface area contributed by atoms with Crippen molar-refractivity contribution in [2.24, 2.45) is 5.14 Å². The standard InChI is InChI=1S/C26H23N5O5S/c27-25-20-13-18(6-5-16(20)9-10-29-25)26(33)30-15-24(32)31-11-12-36-22-14-17(7-8-21(22)31)19-3-1-2-4-23(19)37(28,34)35/h1-10,13-14H,11-12,15H2,(H2,27,29)(H,30,33)(H2,28,34,35). The van der Waals surface area contributed by atoms with Gasteiger partial charge < -0.3 is 20.7 Å². The molecule has 1 aliphatic rings. The maximum Gasteiger partial charge on any atom is 0.251 e. The maximum atomic E-state index is 13.0. The number of carbonyl (C=O) groups is 2. The molecule has 188 valence electrons. The van der Waals surface area contributed by atoms with E-state index in [0.29, 0.717) is 45.9 Å². The third kappa shape index (κ3) is 4.82. The van der Waals surface area contributed by atoms with E-state index in [4.69, 9.17) is 15.6 Å². The van der Waals surface area contributed by atoms with Crippen molar-refractivity contribution in [1.82, 2.24) is 10.3 Å². The normalized spacial score (nSPS) is 13.1. The van der Waals surface area contributed by atoms with Crippen molar-refractivity contribution in [2.45, 2.75) is 4.90 Å². The zero-order chi connectivity index (χ0) is 26.2. The Balaban J connectivity index is 1.34. The molecule has 1 aliphatic heterocycles. The Hall–Kier alpha value is -4.48. The highest BCUT2D eigenvalue weighted by Gasteiger charge is 2.25. The SMILES string of the molecule is Nc1nccc2ccc(C(=O)NCC(=O)N3CCOc4cc(-c5ccccc5S(N)(=O)=O)ccc43)cc12. The Bertz CT molecular complexity index is 1650. The van der Waals surface area contributed by atoms with Crippen LogP contribution in [0, 0.1) is 0 Å². The highest BCUT2D eigenvalue weighted by Crippen LogP contribution is 2.37. The smallest absolute Gasteiger partial charge is 0.251 e. The molecule has 0 spiro atoms. The van der Waals surface area contributed by atoms with Gasteiger partial charge in [-0.05, 0) is 47.3 Å². The number of hydrogen-bond acceptors (Lipinski definition) is 7. The van der Waals surface area contributed by atoms with E-state index < -0.39 is 15.9 Å². The summed E-state index contributed by atoms with van der Waals surface area (Å²) in [6.07, 6.45) is 1.60. The van der Waals surface area contributed by atoms with Crippen LogP contribution < -0.4 is 25.8 Å². The number of carbonyl (C=O) groups excluding carboxylic acids is 2. The third-order valence-electron chi connectivity index (χ3n) is 6.09. The highest BCUT2D eigenvalue weighted by molar-refractivity contribution is 7.89. The first-order valence-electron chi connectivity index (χ1n) is 11.3. The van der Waals surface area contributed by atoms with Crippen LogP contribution in [-0.2, 0) is 14.8 Å². The van der Waals surface area contributed by atoms with Gasteiger partial charge in [0.05, 0.1) is 23.7 Å². The number of fused-ring (bicyclic) bond motifs is 2. The average Bonchev–Trinajstić information content (AvgIpc) is 2.90. The number of ether oxygens (including phenoxy) is 1. The molecule has 11 heteroatoms. The lowest BCUT2D eigenvalue weighted by molar-refractivity contribution is -0.117. The molecule has 2 heterocycles. The van der Waals surface area contributed by atoms with Gasteiger partial charge in [-0.3, -0.25) is 9.59 Å². The Morgan fingerprint density at radius 1 is 1.05 bits per heavy atom. The number of rotatable bonds is 5. The molecule has 4 aromatic rings. The fourth-order valence-electron chi connectivity index (χ4n) is 4.29. The number of nitrogens with zero attached hydrogens (tertiary/aromatic N) is 2. The molecule has 0 radical (unpaired) electrons. The van der Waals surface area contributed by atoms with Gasteiger partial charge in [-0.15, -0.1) is 0 Å². The predicted molar refractivity (Wildman–Crippen MR) is 140 cm³/mol. The van der Waals surface area contributed by atoms with Gasteiger partial charge in [0, 0.05) is 22.7 Å². The van der Waals surface area contributed by atoms with Crippen molar-refractivity contribution in [3.63, 3.8) is 0 Å². The van der Waals surface area contributed by atoms with Gasteiger partial charge in [0.2, 0.25) is 15.9 Å². The van der Waals surface area contributed by atoms with Crippen LogP contribution in [0.1, 0.15) is 10.4 Å². The van der Waals surface area contributed by atoms with Crippen LogP contribution in [0.5, 0.6) is 5.75 Å². The molecule has 2 amide bonds. The van der Waals surface area contributed by atoms with Crippen LogP contribution >= 0.6 is 0 Å². The number of pyridine rings is 1. The maximum absolute atomic E-state index is 13.0. The molecule has 5 rings (SSSR count). The molecule has 10 nitrogen and oxygen atoms in total. The number of hydrogen-bond donors (Lipinski definition) is 3. The molecule has 3 aromatic carbocycles. The van der Waals surface area contributed by atoms with Gasteiger partial charge in [0.15, 0.2) is 0 Å². The fraction of sp³-hybridized carbons (Fsp3) is 0.115. The second-order valence-electron chi connectivity index (χ2n) is 8.43. The number of nitrogens with two attached hydrogens (primary N) is 2. The Morgan fingerprint density at radius 3 is 2.68 bits per heavy atom. The topological polar surface area (TPSA) is 158 Å². The van der Waals surface area contributed by atoms with E-state index in [1.807, 2.05) is 0 Å². The molecular formula is C26H23N5O5S. The van der Waals surface area contributed by atoms with Gasteiger partial charge >= 0.3 is 0 Å². The summed E-state index contributed by atoms with van der Waals surface area (Å²) in [6, 6.07) is 18.3. The molecular weight excluding hydrogens is 494 g/mol. The quantitative estimate of drug-likeness (QED) is 0.366. The van der Waals surface area contributed by atoms with Crippen molar-refractivity contribution in [2.75, 3.05) is 30.3 Å². The van der Waals surface area contributed by atoms with Gasteiger partial charge in [-0.1, -0.05) is 30.3 Å². The van der Waals surface area contributed by atoms with Crippen molar-refractivity contribution in [3.05, 3.63) is 78.5 Å². The summed E-state index contributed by atoms with van der Waals surface area (Å²) in [5.74, 6) is 0.00356. The first-order chi connectivity index (χ1) is 17.7. The minimum atomic E-state index is -3.94. The first kappa shape index (κ1) is 24.2. The van der Waals surface area contributed by atoms with Crippen LogP contribution in [0.25, 0.3) is 21.9 Å². The van der Waals surface area contributed by atoms with E-state index in [1.165, 1.54) is 11.0 Å². The van der Waals surface area contributed by atoms with Crippen molar-refractivity contribution in [3.8, 4) is 16.9 Å². The number of anilines is 2. The van der Waals surface area contributed by atoms with Crippen LogP contribution in [0.15, 0.2) is 77.8 Å². The number of nitrogens with one attached hydrogen (secondary N) is 1. The molecule has 5 N–H and O–H groups in total. The summed E-state index contributed by atoms with van der Waals surface area (Å²) in [5.41, 5.74) is 7.81. The molecule has 0 atom stereocenters. The number of nitrogen functional groups attached to an aromatic ring is 1. The summed E-state index contributed by atoms with van der Waals surface area (Å²) in [6.45, 7) is 0.311. The Kier molecular flexibility index (Phi) is 6.24. The minimum absolute atomic E-state index is 0.00682. The fourth-order valence-corrected chi connectivity index (χ4v) is 5.05. The number of primary sulfonamides is 1. The third-order valence-corrected chi connectivity index (χ3v) is 7.06. The summed E-state index contributed by atoms with van der Waals surface area (Å²) in [7, 11) is -3.94. The monoisotopic (exact) mass is 517 g/mol. The summed E-state index contributed by atoms with van der Waals surface area (Å²) in [4.78, 5) is 31.3. The molecule has 37 heavy (non-hydrogen) atoms. The largest absolute Gasteiger partial charge is 0.490 e. The molecule has 0 saturated carbocycles. The lowest BCUT2D eigenvalue weighted by Crippen LogP contribution is -2.44. The van der Waals surface area contributed by atoms with Gasteiger partial charge in [-0.2, -0.15) is 0 Å². The second-order valence-corrected chi connectivity index (χ2v) is 9.96. The van der Waals surface area contributed by atoms with E-state index in [2.05, 4.69) is 10.3 Å². The minimum Gasteiger partial charge on any atom is -0.490 e. The van der Waals surface area contributed by atoms with Crippen molar-refractivity contribution in [1.29, 1.82) is 0 Å². The number of sulfonamides is 1. The zero-order valence-corrected chi connectivity index (χ0v) is 20.4. The van der Waals surface area contributed by atoms with E-state index in [1.54, 1.807) is 66.9 Å². The highest BCUT2D eigenvalue weighted by atomic mass is 32.2. The zero-order valence-electron chi connectivity index (χ0n) is 19.5. The second kappa shape index (κ2) is 9.52. The number of aromatic nitrogens is 1. The van der Waals surface area contributed by atoms with Gasteiger partial charge in [-0.25, -0.2) is 18.5 Å². The van der Waals surface area contributed by atoms with E-state index >= 15 is 0 Å². The molecule has 0 fully saturated rings. The first-order valence-corrected chi connectivity index (χ1v) is 12.9. The van der Waals surface area contributed by atoms with Crippen LogP contribution in [0.4, 0.5) is 11.5 Å². The molecule has 1 aromatic heterocycles. The summed E-state index contributed by atoms with van der Waals surface area (Å²) < 4.78 is 29.8.